The van der Waals surface area contributed by atoms with Gasteiger partial charge in [-0.1, -0.05) is 67.2 Å². The minimum absolute atomic E-state index is 0.00515. The van der Waals surface area contributed by atoms with Gasteiger partial charge in [0.15, 0.2) is 0 Å². The summed E-state index contributed by atoms with van der Waals surface area (Å²) >= 11 is 0. The predicted octanol–water partition coefficient (Wildman–Crippen LogP) is 7.94. The highest BCUT2D eigenvalue weighted by Crippen LogP contribution is 2.49. The molecule has 2 heterocycles. The van der Waals surface area contributed by atoms with Gasteiger partial charge >= 0.3 is 24.1 Å². The summed E-state index contributed by atoms with van der Waals surface area (Å²) in [6.45, 7) is 11.3. The van der Waals surface area contributed by atoms with Gasteiger partial charge < -0.3 is 33.9 Å². The van der Waals surface area contributed by atoms with Crippen molar-refractivity contribution in [1.29, 1.82) is 0 Å². The van der Waals surface area contributed by atoms with Crippen molar-refractivity contribution in [2.45, 2.75) is 103 Å². The second kappa shape index (κ2) is 18.5. The third-order valence-corrected chi connectivity index (χ3v) is 9.40. The van der Waals surface area contributed by atoms with Crippen LogP contribution in [0, 0.1) is 10.8 Å². The molecule has 2 unspecified atom stereocenters. The number of rotatable bonds is 12. The molecule has 11 nitrogen and oxygen atoms in total. The Balaban J connectivity index is 0.000000300. The zero-order chi connectivity index (χ0) is 42.0. The van der Waals surface area contributed by atoms with Crippen molar-refractivity contribution < 1.29 is 60.8 Å². The van der Waals surface area contributed by atoms with Crippen LogP contribution in [0.25, 0.3) is 0 Å². The average molecular weight is 795 g/mol. The topological polar surface area (TPSA) is 132 Å². The number of aliphatic hydroxyl groups excluding tert-OH is 1. The van der Waals surface area contributed by atoms with Gasteiger partial charge in [-0.3, -0.25) is 9.59 Å². The lowest BCUT2D eigenvalue weighted by Crippen LogP contribution is -2.48. The van der Waals surface area contributed by atoms with Crippen LogP contribution in [0.2, 0.25) is 0 Å². The number of esters is 2. The van der Waals surface area contributed by atoms with Crippen LogP contribution in [-0.2, 0) is 41.8 Å². The molecule has 1 N–H and O–H groups in total. The van der Waals surface area contributed by atoms with Crippen molar-refractivity contribution >= 4 is 24.1 Å². The lowest BCUT2D eigenvalue weighted by molar-refractivity contribution is -0.171. The number of hydrogen-bond acceptors (Lipinski definition) is 9. The summed E-state index contributed by atoms with van der Waals surface area (Å²) in [5.74, 6) is -8.43. The van der Waals surface area contributed by atoms with E-state index >= 15 is 0 Å². The first-order chi connectivity index (χ1) is 26.0. The molecule has 2 amide bonds. The van der Waals surface area contributed by atoms with Gasteiger partial charge in [-0.15, -0.1) is 0 Å². The Bertz CT molecular complexity index is 1650. The maximum Gasteiger partial charge on any atom is 0.410 e. The number of carbonyl (C=O) groups is 4. The molecule has 2 fully saturated rings. The van der Waals surface area contributed by atoms with Crippen LogP contribution in [0.15, 0.2) is 73.3 Å². The quantitative estimate of drug-likeness (QED) is 0.0985. The van der Waals surface area contributed by atoms with E-state index in [1.54, 1.807) is 90.1 Å². The molecule has 15 heteroatoms. The predicted molar refractivity (Wildman–Crippen MR) is 199 cm³/mol. The number of benzene rings is 2. The number of likely N-dealkylation sites (tertiary alicyclic amines) is 2. The second-order valence-corrected chi connectivity index (χ2v) is 16.2. The summed E-state index contributed by atoms with van der Waals surface area (Å²) in [5.41, 5.74) is -3.66. The van der Waals surface area contributed by atoms with Gasteiger partial charge in [-0.25, -0.2) is 27.2 Å². The third kappa shape index (κ3) is 12.7. The van der Waals surface area contributed by atoms with Gasteiger partial charge in [0.25, 0.3) is 11.8 Å². The number of aliphatic hydroxyl groups is 1. The van der Waals surface area contributed by atoms with Gasteiger partial charge in [0.1, 0.15) is 31.0 Å². The molecule has 2 aromatic carbocycles. The summed E-state index contributed by atoms with van der Waals surface area (Å²) in [6.07, 6.45) is -2.17. The van der Waals surface area contributed by atoms with Crippen LogP contribution in [0.5, 0.6) is 0 Å². The molecule has 310 valence electrons. The lowest BCUT2D eigenvalue weighted by Gasteiger charge is -2.35. The van der Waals surface area contributed by atoms with Gasteiger partial charge in [0, 0.05) is 26.2 Å². The van der Waals surface area contributed by atoms with E-state index in [0.29, 0.717) is 6.08 Å². The lowest BCUT2D eigenvalue weighted by atomic mass is 9.77. The van der Waals surface area contributed by atoms with E-state index in [-0.39, 0.29) is 45.7 Å². The van der Waals surface area contributed by atoms with Crippen molar-refractivity contribution in [3.8, 4) is 0 Å². The number of ether oxygens (including phenoxy) is 4. The van der Waals surface area contributed by atoms with Crippen LogP contribution in [0.4, 0.5) is 27.2 Å². The fraction of sp³-hybridized carbons (Fsp3) is 0.561. The Labute approximate surface area is 325 Å². The molecular weight excluding hydrogens is 740 g/mol. The molecule has 2 aliphatic heterocycles. The molecule has 2 aliphatic rings. The molecule has 0 bridgehead atoms. The van der Waals surface area contributed by atoms with Crippen LogP contribution < -0.4 is 0 Å². The number of nitrogens with zero attached hydrogens (tertiary/aromatic N) is 2. The van der Waals surface area contributed by atoms with Crippen LogP contribution in [0.1, 0.15) is 78.4 Å². The van der Waals surface area contributed by atoms with Gasteiger partial charge in [-0.2, -0.15) is 0 Å². The summed E-state index contributed by atoms with van der Waals surface area (Å²) in [7, 11) is 0. The highest BCUT2D eigenvalue weighted by atomic mass is 19.3. The Morgan fingerprint density at radius 3 is 1.45 bits per heavy atom. The standard InChI is InChI=1S/C21H27F2NO4.C20H27F2NO5/c1-5-21(22,23)20(11-12-24(15-20)18(26)28-19(2,3)4)13-17(25)27-14-16-9-7-6-8-10-16;1-18(2,3)28-17(26)23-10-9-19(13-23,20(21,22)14-24)11-16(25)27-12-15-7-5-4-6-8-15/h5-10H,1,11-15H2,2-4H3;4-8,24H,9-14H2,1-3H3. The van der Waals surface area contributed by atoms with Gasteiger partial charge in [0.05, 0.1) is 23.7 Å². The minimum Gasteiger partial charge on any atom is -0.461 e. The average Bonchev–Trinajstić information content (AvgIpc) is 3.77. The summed E-state index contributed by atoms with van der Waals surface area (Å²) in [4.78, 5) is 51.5. The maximum atomic E-state index is 14.7. The Kier molecular flexibility index (Phi) is 15.1. The zero-order valence-electron chi connectivity index (χ0n) is 33.0. The van der Waals surface area contributed by atoms with Gasteiger partial charge in [-0.05, 0) is 71.6 Å². The van der Waals surface area contributed by atoms with Gasteiger partial charge in [0.2, 0.25) is 0 Å². The fourth-order valence-corrected chi connectivity index (χ4v) is 6.33. The van der Waals surface area contributed by atoms with Crippen molar-refractivity contribution in [2.24, 2.45) is 10.8 Å². The molecule has 2 saturated heterocycles. The normalized spacial score (nSPS) is 20.1. The largest absolute Gasteiger partial charge is 0.461 e. The number of alkyl halides is 4. The molecule has 2 atom stereocenters. The van der Waals surface area contributed by atoms with Crippen molar-refractivity contribution in [3.05, 3.63) is 84.4 Å². The Morgan fingerprint density at radius 2 is 1.07 bits per heavy atom. The van der Waals surface area contributed by atoms with E-state index in [9.17, 15) is 41.8 Å². The van der Waals surface area contributed by atoms with Crippen molar-refractivity contribution in [2.75, 3.05) is 32.8 Å². The minimum atomic E-state index is -3.55. The van der Waals surface area contributed by atoms with Crippen LogP contribution in [-0.4, -0.2) is 94.9 Å². The Hall–Kier alpha value is -4.66. The van der Waals surface area contributed by atoms with Crippen molar-refractivity contribution in [1.82, 2.24) is 9.80 Å². The fourth-order valence-electron chi connectivity index (χ4n) is 6.33. The number of amides is 2. The first kappa shape index (κ1) is 45.7. The molecular formula is C41H54F4N2O9. The SMILES string of the molecule is C=CC(F)(F)C1(CC(=O)OCc2ccccc2)CCN(C(=O)OC(C)(C)C)C1.CC(C)(C)OC(=O)N1CCC(CC(=O)OCc2ccccc2)(C(F)(F)CO)C1. The highest BCUT2D eigenvalue weighted by molar-refractivity contribution is 5.73. The molecule has 2 aromatic rings. The second-order valence-electron chi connectivity index (χ2n) is 16.2. The van der Waals surface area contributed by atoms with Crippen molar-refractivity contribution in [3.63, 3.8) is 0 Å². The van der Waals surface area contributed by atoms with E-state index in [4.69, 9.17) is 18.9 Å². The molecule has 0 radical (unpaired) electrons. The number of halogens is 4. The van der Waals surface area contributed by atoms with Crippen LogP contribution in [0.3, 0.4) is 0 Å². The summed E-state index contributed by atoms with van der Waals surface area (Å²) in [5, 5.41) is 9.21. The number of allylic oxidation sites excluding steroid dienone is 1. The van der Waals surface area contributed by atoms with E-state index < -0.39 is 84.0 Å². The van der Waals surface area contributed by atoms with E-state index in [1.165, 1.54) is 4.90 Å². The number of carbonyl (C=O) groups excluding carboxylic acids is 4. The maximum absolute atomic E-state index is 14.7. The molecule has 56 heavy (non-hydrogen) atoms. The first-order valence-corrected chi connectivity index (χ1v) is 18.3. The van der Waals surface area contributed by atoms with Crippen LogP contribution >= 0.6 is 0 Å². The van der Waals surface area contributed by atoms with E-state index in [1.807, 2.05) is 12.1 Å². The highest BCUT2D eigenvalue weighted by Gasteiger charge is 2.59. The molecule has 4 rings (SSSR count). The Morgan fingerprint density at radius 1 is 0.696 bits per heavy atom. The first-order valence-electron chi connectivity index (χ1n) is 18.3. The molecule has 0 aliphatic carbocycles. The monoisotopic (exact) mass is 794 g/mol. The summed E-state index contributed by atoms with van der Waals surface area (Å²) < 4.78 is 79.4. The summed E-state index contributed by atoms with van der Waals surface area (Å²) in [6, 6.07) is 17.9. The third-order valence-electron chi connectivity index (χ3n) is 9.40. The number of hydrogen-bond donors (Lipinski definition) is 1. The smallest absolute Gasteiger partial charge is 0.410 e. The van der Waals surface area contributed by atoms with E-state index in [0.717, 1.165) is 16.0 Å². The zero-order valence-corrected chi connectivity index (χ0v) is 33.0. The molecule has 0 saturated carbocycles. The molecule has 0 aromatic heterocycles. The van der Waals surface area contributed by atoms with E-state index in [2.05, 4.69) is 6.58 Å². The molecule has 0 spiro atoms.